The highest BCUT2D eigenvalue weighted by atomic mass is 35.5. The van der Waals surface area contributed by atoms with E-state index >= 15 is 0 Å². The van der Waals surface area contributed by atoms with Crippen LogP contribution in [-0.4, -0.2) is 10.9 Å². The molecule has 0 saturated heterocycles. The highest BCUT2D eigenvalue weighted by Crippen LogP contribution is 2.61. The van der Waals surface area contributed by atoms with E-state index in [0.717, 1.165) is 23.4 Å². The Morgan fingerprint density at radius 2 is 1.74 bits per heavy atom. The van der Waals surface area contributed by atoms with Crippen molar-refractivity contribution in [1.82, 2.24) is 4.98 Å². The van der Waals surface area contributed by atoms with Crippen molar-refractivity contribution in [3.63, 3.8) is 0 Å². The van der Waals surface area contributed by atoms with Crippen LogP contribution in [0.15, 0.2) is 40.8 Å². The number of rotatable bonds is 4. The van der Waals surface area contributed by atoms with Crippen LogP contribution >= 0.6 is 23.2 Å². The number of fused-ring (bicyclic) bond motifs is 1. The van der Waals surface area contributed by atoms with Crippen molar-refractivity contribution in [3.8, 4) is 11.5 Å². The second-order valence-electron chi connectivity index (χ2n) is 9.97. The lowest BCUT2D eigenvalue weighted by atomic mass is 9.49. The Hall–Kier alpha value is -2.04. The lowest BCUT2D eigenvalue weighted by Crippen LogP contribution is -2.47. The molecule has 1 aromatic heterocycles. The van der Waals surface area contributed by atoms with E-state index in [1.807, 2.05) is 18.2 Å². The lowest BCUT2D eigenvalue weighted by Gasteiger charge is -2.56. The minimum absolute atomic E-state index is 0.114. The number of hydrogen-bond donors (Lipinski definition) is 1. The summed E-state index contributed by atoms with van der Waals surface area (Å²) in [7, 11) is 0. The summed E-state index contributed by atoms with van der Waals surface area (Å²) in [6.45, 7) is 0. The van der Waals surface area contributed by atoms with Crippen LogP contribution < -0.4 is 5.32 Å². The number of oxazole rings is 1. The molecule has 4 fully saturated rings. The second kappa shape index (κ2) is 7.25. The number of benzene rings is 2. The van der Waals surface area contributed by atoms with Crippen LogP contribution in [0.5, 0.6) is 0 Å². The van der Waals surface area contributed by atoms with E-state index in [-0.39, 0.29) is 11.3 Å². The third-order valence-corrected chi connectivity index (χ3v) is 8.10. The van der Waals surface area contributed by atoms with Crippen molar-refractivity contribution in [2.45, 2.75) is 44.9 Å². The molecule has 2 aromatic carbocycles. The molecule has 3 aromatic rings. The predicted octanol–water partition coefficient (Wildman–Crippen LogP) is 7.35. The van der Waals surface area contributed by atoms with Crippen molar-refractivity contribution in [2.24, 2.45) is 23.2 Å². The molecule has 0 unspecified atom stereocenters. The van der Waals surface area contributed by atoms with E-state index in [1.165, 1.54) is 38.5 Å². The lowest BCUT2D eigenvalue weighted by molar-refractivity contribution is -0.124. The van der Waals surface area contributed by atoms with Gasteiger partial charge in [-0.25, -0.2) is 4.98 Å². The van der Waals surface area contributed by atoms with Crippen LogP contribution in [0, 0.1) is 23.2 Å². The van der Waals surface area contributed by atoms with Gasteiger partial charge in [0, 0.05) is 17.1 Å². The van der Waals surface area contributed by atoms with Gasteiger partial charge in [0.2, 0.25) is 11.8 Å². The smallest absolute Gasteiger partial charge is 0.228 e. The summed E-state index contributed by atoms with van der Waals surface area (Å²) >= 11 is 12.4. The fourth-order valence-corrected chi connectivity index (χ4v) is 7.20. The highest BCUT2D eigenvalue weighted by molar-refractivity contribution is 6.35. The zero-order valence-electron chi connectivity index (χ0n) is 17.2. The largest absolute Gasteiger partial charge is 0.436 e. The van der Waals surface area contributed by atoms with Gasteiger partial charge in [-0.1, -0.05) is 23.2 Å². The zero-order valence-corrected chi connectivity index (χ0v) is 18.7. The molecule has 4 bridgehead atoms. The molecule has 31 heavy (non-hydrogen) atoms. The van der Waals surface area contributed by atoms with Gasteiger partial charge in [-0.05, 0) is 98.1 Å². The molecule has 7 rings (SSSR count). The number of carbonyl (C=O) groups is 1. The number of nitrogens with zero attached hydrogens (tertiary/aromatic N) is 1. The molecule has 160 valence electrons. The topological polar surface area (TPSA) is 55.1 Å². The summed E-state index contributed by atoms with van der Waals surface area (Å²) in [6.07, 6.45) is 8.51. The molecular formula is C25H24Cl2N2O2. The molecule has 0 radical (unpaired) electrons. The SMILES string of the molecule is O=C(CC12CC3CC(CC(C3)C1)C2)Nc1ccc2oc(-c3cc(Cl)ccc3Cl)nc2c1. The molecule has 1 amide bonds. The number of amides is 1. The number of aromatic nitrogens is 1. The average molecular weight is 455 g/mol. The Morgan fingerprint density at radius 3 is 2.45 bits per heavy atom. The van der Waals surface area contributed by atoms with Crippen molar-refractivity contribution >= 4 is 45.9 Å². The minimum atomic E-state index is 0.114. The van der Waals surface area contributed by atoms with Gasteiger partial charge >= 0.3 is 0 Å². The van der Waals surface area contributed by atoms with Crippen molar-refractivity contribution in [2.75, 3.05) is 5.32 Å². The van der Waals surface area contributed by atoms with Crippen LogP contribution in [0.4, 0.5) is 5.69 Å². The van der Waals surface area contributed by atoms with Gasteiger partial charge in [0.15, 0.2) is 5.58 Å². The molecule has 4 nitrogen and oxygen atoms in total. The summed E-state index contributed by atoms with van der Waals surface area (Å²) in [5.74, 6) is 3.08. The van der Waals surface area contributed by atoms with E-state index < -0.39 is 0 Å². The Kier molecular flexibility index (Phi) is 4.59. The molecular weight excluding hydrogens is 431 g/mol. The first-order valence-corrected chi connectivity index (χ1v) is 11.9. The number of carbonyl (C=O) groups excluding carboxylic acids is 1. The quantitative estimate of drug-likeness (QED) is 0.448. The maximum Gasteiger partial charge on any atom is 0.228 e. The zero-order chi connectivity index (χ0) is 21.2. The number of anilines is 1. The van der Waals surface area contributed by atoms with Gasteiger partial charge in [0.05, 0.1) is 10.6 Å². The third-order valence-electron chi connectivity index (χ3n) is 7.53. The predicted molar refractivity (Wildman–Crippen MR) is 123 cm³/mol. The molecule has 1 N–H and O–H groups in total. The highest BCUT2D eigenvalue weighted by Gasteiger charge is 2.51. The maximum atomic E-state index is 13.0. The van der Waals surface area contributed by atoms with Gasteiger partial charge in [-0.15, -0.1) is 0 Å². The van der Waals surface area contributed by atoms with Crippen LogP contribution in [0.2, 0.25) is 10.0 Å². The van der Waals surface area contributed by atoms with Crippen molar-refractivity contribution < 1.29 is 9.21 Å². The van der Waals surface area contributed by atoms with Gasteiger partial charge in [-0.2, -0.15) is 0 Å². The van der Waals surface area contributed by atoms with E-state index in [0.29, 0.717) is 39.0 Å². The van der Waals surface area contributed by atoms with Crippen molar-refractivity contribution in [1.29, 1.82) is 0 Å². The second-order valence-corrected chi connectivity index (χ2v) is 10.8. The summed E-state index contributed by atoms with van der Waals surface area (Å²) < 4.78 is 5.87. The maximum absolute atomic E-state index is 13.0. The number of hydrogen-bond acceptors (Lipinski definition) is 3. The van der Waals surface area contributed by atoms with Gasteiger partial charge < -0.3 is 9.73 Å². The number of halogens is 2. The minimum Gasteiger partial charge on any atom is -0.436 e. The molecule has 4 aliphatic rings. The van der Waals surface area contributed by atoms with Gasteiger partial charge in [0.25, 0.3) is 0 Å². The average Bonchev–Trinajstić information content (AvgIpc) is 3.11. The molecule has 0 aliphatic heterocycles. The standard InChI is InChI=1S/C25H24Cl2N2O2/c26-17-1-3-20(27)19(8-17)24-29-21-9-18(2-4-22(21)31-24)28-23(30)13-25-10-14-5-15(11-25)7-16(6-14)12-25/h1-4,8-9,14-16H,5-7,10-13H2,(H,28,30). The Bertz CT molecular complexity index is 1150. The molecule has 0 atom stereocenters. The van der Waals surface area contributed by atoms with E-state index in [9.17, 15) is 4.79 Å². The molecule has 0 spiro atoms. The fraction of sp³-hybridized carbons (Fsp3) is 0.440. The van der Waals surface area contributed by atoms with Crippen molar-refractivity contribution in [3.05, 3.63) is 46.4 Å². The summed E-state index contributed by atoms with van der Waals surface area (Å²) in [6, 6.07) is 10.8. The molecule has 4 saturated carbocycles. The first-order valence-electron chi connectivity index (χ1n) is 11.1. The third kappa shape index (κ3) is 3.64. The monoisotopic (exact) mass is 454 g/mol. The normalized spacial score (nSPS) is 28.9. The summed E-state index contributed by atoms with van der Waals surface area (Å²) in [5.41, 5.74) is 2.95. The van der Waals surface area contributed by atoms with Gasteiger partial charge in [0.1, 0.15) is 5.52 Å². The van der Waals surface area contributed by atoms with Crippen LogP contribution in [0.1, 0.15) is 44.9 Å². The summed E-state index contributed by atoms with van der Waals surface area (Å²) in [4.78, 5) is 17.5. The van der Waals surface area contributed by atoms with E-state index in [1.54, 1.807) is 18.2 Å². The fourth-order valence-electron chi connectivity index (χ4n) is 6.83. The first-order chi connectivity index (χ1) is 14.9. The Labute approximate surface area is 191 Å². The van der Waals surface area contributed by atoms with Crippen LogP contribution in [0.3, 0.4) is 0 Å². The first kappa shape index (κ1) is 19.6. The molecule has 4 aliphatic carbocycles. The van der Waals surface area contributed by atoms with Crippen LogP contribution in [0.25, 0.3) is 22.6 Å². The molecule has 1 heterocycles. The Balaban J connectivity index is 1.21. The van der Waals surface area contributed by atoms with E-state index in [4.69, 9.17) is 27.6 Å². The Morgan fingerprint density at radius 1 is 1.03 bits per heavy atom. The van der Waals surface area contributed by atoms with Gasteiger partial charge in [-0.3, -0.25) is 4.79 Å². The molecule has 6 heteroatoms. The van der Waals surface area contributed by atoms with Crippen LogP contribution in [-0.2, 0) is 4.79 Å². The number of nitrogens with one attached hydrogen (secondary N) is 1. The van der Waals surface area contributed by atoms with E-state index in [2.05, 4.69) is 10.3 Å². The summed E-state index contributed by atoms with van der Waals surface area (Å²) in [5, 5.41) is 4.21.